The molecule has 106 valence electrons. The van der Waals surface area contributed by atoms with Gasteiger partial charge in [-0.2, -0.15) is 5.10 Å². The Morgan fingerprint density at radius 1 is 1.10 bits per heavy atom. The summed E-state index contributed by atoms with van der Waals surface area (Å²) in [5, 5.41) is 11.0. The minimum Gasteiger partial charge on any atom is -0.381 e. The number of hydrogen-bond donors (Lipinski definition) is 2. The number of nitrogens with one attached hydrogen (secondary N) is 2. The third-order valence-electron chi connectivity index (χ3n) is 3.19. The number of H-pyrrole nitrogens is 1. The Bertz CT molecular complexity index is 724. The molecule has 0 unspecified atom stereocenters. The van der Waals surface area contributed by atoms with Gasteiger partial charge in [0.15, 0.2) is 0 Å². The van der Waals surface area contributed by atoms with Gasteiger partial charge in [-0.05, 0) is 41.5 Å². The van der Waals surface area contributed by atoms with E-state index in [1.807, 2.05) is 36.4 Å². The summed E-state index contributed by atoms with van der Waals surface area (Å²) in [4.78, 5) is 0. The fourth-order valence-corrected chi connectivity index (χ4v) is 2.79. The topological polar surface area (TPSA) is 40.7 Å². The lowest BCUT2D eigenvalue weighted by Gasteiger charge is -2.09. The summed E-state index contributed by atoms with van der Waals surface area (Å²) >= 11 is 9.61. The Labute approximate surface area is 136 Å². The number of rotatable bonds is 4. The number of aromatic amines is 1. The van der Waals surface area contributed by atoms with Crippen molar-refractivity contribution < 1.29 is 0 Å². The van der Waals surface area contributed by atoms with Gasteiger partial charge in [-0.1, -0.05) is 45.7 Å². The van der Waals surface area contributed by atoms with E-state index in [1.54, 1.807) is 6.20 Å². The molecular weight excluding hydrogens is 350 g/mol. The summed E-state index contributed by atoms with van der Waals surface area (Å²) < 4.78 is 0.986. The molecule has 0 saturated carbocycles. The zero-order valence-electron chi connectivity index (χ0n) is 11.1. The average Bonchev–Trinajstić information content (AvgIpc) is 3.01. The first-order valence-corrected chi connectivity index (χ1v) is 7.67. The number of hydrogen-bond acceptors (Lipinski definition) is 2. The zero-order valence-corrected chi connectivity index (χ0v) is 13.4. The molecule has 0 saturated heterocycles. The highest BCUT2D eigenvalue weighted by Gasteiger charge is 2.02. The maximum atomic E-state index is 6.21. The predicted molar refractivity (Wildman–Crippen MR) is 90.5 cm³/mol. The molecule has 0 atom stereocenters. The van der Waals surface area contributed by atoms with Crippen LogP contribution in [0.3, 0.4) is 0 Å². The van der Waals surface area contributed by atoms with E-state index in [4.69, 9.17) is 11.6 Å². The molecule has 0 spiro atoms. The third kappa shape index (κ3) is 3.46. The van der Waals surface area contributed by atoms with Gasteiger partial charge >= 0.3 is 0 Å². The van der Waals surface area contributed by atoms with Crippen LogP contribution in [0.1, 0.15) is 5.56 Å². The Kier molecular flexibility index (Phi) is 4.27. The Morgan fingerprint density at radius 2 is 1.90 bits per heavy atom. The zero-order chi connectivity index (χ0) is 14.7. The maximum absolute atomic E-state index is 6.21. The van der Waals surface area contributed by atoms with Crippen molar-refractivity contribution in [1.29, 1.82) is 0 Å². The normalized spacial score (nSPS) is 10.6. The molecule has 0 amide bonds. The minimum absolute atomic E-state index is 0.690. The van der Waals surface area contributed by atoms with E-state index in [9.17, 15) is 0 Å². The maximum Gasteiger partial charge on any atom is 0.0650 e. The molecule has 2 aromatic carbocycles. The smallest absolute Gasteiger partial charge is 0.0650 e. The summed E-state index contributed by atoms with van der Waals surface area (Å²) in [5.74, 6) is 0. The van der Waals surface area contributed by atoms with Crippen molar-refractivity contribution in [3.63, 3.8) is 0 Å². The van der Waals surface area contributed by atoms with Crippen molar-refractivity contribution in [2.45, 2.75) is 6.54 Å². The van der Waals surface area contributed by atoms with E-state index in [0.29, 0.717) is 6.54 Å². The monoisotopic (exact) mass is 361 g/mol. The van der Waals surface area contributed by atoms with Crippen molar-refractivity contribution >= 4 is 33.2 Å². The summed E-state index contributed by atoms with van der Waals surface area (Å²) in [5.41, 5.74) is 4.24. The van der Waals surface area contributed by atoms with Crippen molar-refractivity contribution in [1.82, 2.24) is 10.2 Å². The molecule has 2 N–H and O–H groups in total. The van der Waals surface area contributed by atoms with Gasteiger partial charge in [0, 0.05) is 27.9 Å². The van der Waals surface area contributed by atoms with Crippen molar-refractivity contribution in [3.05, 3.63) is 69.8 Å². The lowest BCUT2D eigenvalue weighted by molar-refractivity contribution is 1.09. The van der Waals surface area contributed by atoms with Gasteiger partial charge in [0.05, 0.1) is 5.69 Å². The second kappa shape index (κ2) is 6.33. The van der Waals surface area contributed by atoms with Crippen LogP contribution in [0.2, 0.25) is 5.02 Å². The van der Waals surface area contributed by atoms with Crippen LogP contribution >= 0.6 is 27.5 Å². The third-order valence-corrected chi connectivity index (χ3v) is 4.04. The van der Waals surface area contributed by atoms with Crippen LogP contribution in [0.25, 0.3) is 11.3 Å². The highest BCUT2D eigenvalue weighted by molar-refractivity contribution is 9.10. The van der Waals surface area contributed by atoms with Gasteiger partial charge in [-0.3, -0.25) is 5.10 Å². The predicted octanol–water partition coefficient (Wildman–Crippen LogP) is 5.10. The van der Waals surface area contributed by atoms with Gasteiger partial charge in [0.25, 0.3) is 0 Å². The van der Waals surface area contributed by atoms with Gasteiger partial charge in [0.2, 0.25) is 0 Å². The van der Waals surface area contributed by atoms with E-state index in [1.165, 1.54) is 0 Å². The molecule has 0 radical (unpaired) electrons. The summed E-state index contributed by atoms with van der Waals surface area (Å²) in [6.07, 6.45) is 1.75. The van der Waals surface area contributed by atoms with Gasteiger partial charge in [0.1, 0.15) is 0 Å². The van der Waals surface area contributed by atoms with Crippen molar-refractivity contribution in [3.8, 4) is 11.3 Å². The van der Waals surface area contributed by atoms with Crippen LogP contribution in [-0.2, 0) is 6.54 Å². The van der Waals surface area contributed by atoms with E-state index in [-0.39, 0.29) is 0 Å². The Balaban J connectivity index is 1.68. The largest absolute Gasteiger partial charge is 0.381 e. The van der Waals surface area contributed by atoms with E-state index < -0.39 is 0 Å². The number of benzene rings is 2. The summed E-state index contributed by atoms with van der Waals surface area (Å²) in [6, 6.07) is 16.1. The van der Waals surface area contributed by atoms with Crippen LogP contribution in [0.4, 0.5) is 5.69 Å². The first kappa shape index (κ1) is 14.2. The van der Waals surface area contributed by atoms with E-state index >= 15 is 0 Å². The average molecular weight is 363 g/mol. The van der Waals surface area contributed by atoms with Crippen LogP contribution in [-0.4, -0.2) is 10.2 Å². The quantitative estimate of drug-likeness (QED) is 0.677. The van der Waals surface area contributed by atoms with Crippen LogP contribution in [0.5, 0.6) is 0 Å². The number of aromatic nitrogens is 2. The highest BCUT2D eigenvalue weighted by Crippen LogP contribution is 2.23. The van der Waals surface area contributed by atoms with E-state index in [2.05, 4.69) is 43.6 Å². The molecule has 1 heterocycles. The van der Waals surface area contributed by atoms with Crippen molar-refractivity contribution in [2.75, 3.05) is 5.32 Å². The molecule has 3 aromatic rings. The van der Waals surface area contributed by atoms with Gasteiger partial charge < -0.3 is 5.32 Å². The molecule has 3 rings (SSSR count). The lowest BCUT2D eigenvalue weighted by atomic mass is 10.1. The van der Waals surface area contributed by atoms with E-state index in [0.717, 1.165) is 32.0 Å². The molecule has 1 aromatic heterocycles. The number of halogens is 2. The standard InChI is InChI=1S/C16H13BrClN3/c17-13-4-1-12(15(18)9-13)10-19-14-5-2-11(3-6-14)16-7-8-20-21-16/h1-9,19H,10H2,(H,20,21). The SMILES string of the molecule is Clc1cc(Br)ccc1CNc1ccc(-c2ccn[nH]2)cc1. The molecule has 21 heavy (non-hydrogen) atoms. The van der Waals surface area contributed by atoms with Crippen LogP contribution in [0.15, 0.2) is 59.2 Å². The lowest BCUT2D eigenvalue weighted by Crippen LogP contribution is -1.99. The highest BCUT2D eigenvalue weighted by atomic mass is 79.9. The molecule has 0 aliphatic carbocycles. The fraction of sp³-hybridized carbons (Fsp3) is 0.0625. The van der Waals surface area contributed by atoms with Gasteiger partial charge in [-0.15, -0.1) is 0 Å². The molecular formula is C16H13BrClN3. The molecule has 3 nitrogen and oxygen atoms in total. The number of anilines is 1. The molecule has 0 bridgehead atoms. The molecule has 5 heteroatoms. The second-order valence-electron chi connectivity index (χ2n) is 4.64. The molecule has 0 aliphatic heterocycles. The minimum atomic E-state index is 0.690. The van der Waals surface area contributed by atoms with Crippen LogP contribution < -0.4 is 5.32 Å². The number of nitrogens with zero attached hydrogens (tertiary/aromatic N) is 1. The second-order valence-corrected chi connectivity index (χ2v) is 5.96. The molecule has 0 aliphatic rings. The Hall–Kier alpha value is -1.78. The van der Waals surface area contributed by atoms with Crippen LogP contribution in [0, 0.1) is 0 Å². The molecule has 0 fully saturated rings. The van der Waals surface area contributed by atoms with Gasteiger partial charge in [-0.25, -0.2) is 0 Å². The first-order chi connectivity index (χ1) is 10.2. The Morgan fingerprint density at radius 3 is 2.57 bits per heavy atom. The van der Waals surface area contributed by atoms with Crippen molar-refractivity contribution in [2.24, 2.45) is 0 Å². The fourth-order valence-electron chi connectivity index (χ4n) is 2.05. The summed E-state index contributed by atoms with van der Waals surface area (Å²) in [6.45, 7) is 0.690. The summed E-state index contributed by atoms with van der Waals surface area (Å²) in [7, 11) is 0. The first-order valence-electron chi connectivity index (χ1n) is 6.50.